The molecule has 0 saturated heterocycles. The summed E-state index contributed by atoms with van der Waals surface area (Å²) in [4.78, 5) is 16.4. The van der Waals surface area contributed by atoms with Gasteiger partial charge < -0.3 is 9.88 Å². The number of rotatable bonds is 4. The molecule has 0 aliphatic heterocycles. The number of aromatic nitrogens is 2. The molecule has 28 heavy (non-hydrogen) atoms. The first-order chi connectivity index (χ1) is 13.2. The Morgan fingerprint density at radius 3 is 2.57 bits per heavy atom. The Hall–Kier alpha value is -3.16. The van der Waals surface area contributed by atoms with Gasteiger partial charge in [-0.1, -0.05) is 12.1 Å². The van der Waals surface area contributed by atoms with Crippen LogP contribution < -0.4 is 5.32 Å². The lowest BCUT2D eigenvalue weighted by atomic mass is 10.0. The van der Waals surface area contributed by atoms with Gasteiger partial charge in [-0.2, -0.15) is 13.2 Å². The van der Waals surface area contributed by atoms with E-state index in [0.717, 1.165) is 16.8 Å². The molecule has 1 aromatic heterocycles. The van der Waals surface area contributed by atoms with Crippen molar-refractivity contribution in [3.8, 4) is 5.69 Å². The molecule has 0 unspecified atom stereocenters. The topological polar surface area (TPSA) is 46.9 Å². The number of nitrogens with one attached hydrogen (secondary N) is 1. The summed E-state index contributed by atoms with van der Waals surface area (Å²) < 4.78 is 54.3. The Kier molecular flexibility index (Phi) is 5.22. The van der Waals surface area contributed by atoms with Crippen molar-refractivity contribution in [2.75, 3.05) is 0 Å². The summed E-state index contributed by atoms with van der Waals surface area (Å²) >= 11 is 0. The standard InChI is InChI=1S/C20H17F4N3O/c1-12-3-4-14(9-18(12)27-8-7-25-11-27)13(2)26-19(28)16-10-15(20(22,23)24)5-6-17(16)21/h3-11,13H,1-2H3,(H,26,28)/t13-/m0/s1. The van der Waals surface area contributed by atoms with E-state index in [0.29, 0.717) is 18.2 Å². The SMILES string of the molecule is Cc1ccc([C@H](C)NC(=O)c2cc(C(F)(F)F)ccc2F)cc1-n1ccnc1. The Labute approximate surface area is 158 Å². The first kappa shape index (κ1) is 19.6. The second-order valence-electron chi connectivity index (χ2n) is 6.40. The number of aryl methyl sites for hydroxylation is 1. The molecule has 8 heteroatoms. The van der Waals surface area contributed by atoms with Gasteiger partial charge in [0.2, 0.25) is 0 Å². The molecule has 0 spiro atoms. The van der Waals surface area contributed by atoms with Crippen LogP contribution in [-0.4, -0.2) is 15.5 Å². The van der Waals surface area contributed by atoms with Crippen LogP contribution in [0.3, 0.4) is 0 Å². The number of halogens is 4. The molecule has 146 valence electrons. The molecule has 2 aromatic carbocycles. The largest absolute Gasteiger partial charge is 0.416 e. The number of benzene rings is 2. The van der Waals surface area contributed by atoms with Crippen LogP contribution in [-0.2, 0) is 6.18 Å². The Morgan fingerprint density at radius 1 is 1.18 bits per heavy atom. The van der Waals surface area contributed by atoms with Gasteiger partial charge in [0.15, 0.2) is 0 Å². The Balaban J connectivity index is 1.85. The van der Waals surface area contributed by atoms with E-state index in [4.69, 9.17) is 0 Å². The predicted octanol–water partition coefficient (Wildman–Crippen LogP) is 4.83. The molecule has 0 aliphatic rings. The van der Waals surface area contributed by atoms with Crippen molar-refractivity contribution in [3.05, 3.63) is 83.2 Å². The molecule has 0 saturated carbocycles. The van der Waals surface area contributed by atoms with Crippen LogP contribution in [0.5, 0.6) is 0 Å². The van der Waals surface area contributed by atoms with Crippen LogP contribution in [0, 0.1) is 12.7 Å². The zero-order valence-electron chi connectivity index (χ0n) is 15.1. The fraction of sp³-hybridized carbons (Fsp3) is 0.200. The minimum atomic E-state index is -4.66. The van der Waals surface area contributed by atoms with E-state index in [1.165, 1.54) is 0 Å². The molecule has 1 N–H and O–H groups in total. The van der Waals surface area contributed by atoms with Crippen LogP contribution in [0.4, 0.5) is 17.6 Å². The lowest BCUT2D eigenvalue weighted by Crippen LogP contribution is -2.28. The van der Waals surface area contributed by atoms with E-state index < -0.39 is 35.1 Å². The van der Waals surface area contributed by atoms with E-state index in [-0.39, 0.29) is 0 Å². The molecule has 0 aliphatic carbocycles. The molecule has 4 nitrogen and oxygen atoms in total. The monoisotopic (exact) mass is 391 g/mol. The molecule has 3 rings (SSSR count). The van der Waals surface area contributed by atoms with Crippen LogP contribution >= 0.6 is 0 Å². The van der Waals surface area contributed by atoms with Gasteiger partial charge in [0.1, 0.15) is 5.82 Å². The fourth-order valence-electron chi connectivity index (χ4n) is 2.81. The van der Waals surface area contributed by atoms with Crippen molar-refractivity contribution in [1.82, 2.24) is 14.9 Å². The molecular formula is C20H17F4N3O. The number of hydrogen-bond donors (Lipinski definition) is 1. The summed E-state index contributed by atoms with van der Waals surface area (Å²) in [6.45, 7) is 3.59. The van der Waals surface area contributed by atoms with E-state index >= 15 is 0 Å². The third-order valence-electron chi connectivity index (χ3n) is 4.40. The quantitative estimate of drug-likeness (QED) is 0.648. The minimum Gasteiger partial charge on any atom is -0.345 e. The fourth-order valence-corrected chi connectivity index (χ4v) is 2.81. The zero-order valence-corrected chi connectivity index (χ0v) is 15.1. The summed E-state index contributed by atoms with van der Waals surface area (Å²) in [7, 11) is 0. The van der Waals surface area contributed by atoms with Crippen molar-refractivity contribution in [2.45, 2.75) is 26.1 Å². The van der Waals surface area contributed by atoms with E-state index in [9.17, 15) is 22.4 Å². The van der Waals surface area contributed by atoms with Crippen molar-refractivity contribution < 1.29 is 22.4 Å². The van der Waals surface area contributed by atoms with Crippen molar-refractivity contribution >= 4 is 5.91 Å². The van der Waals surface area contributed by atoms with Crippen molar-refractivity contribution in [1.29, 1.82) is 0 Å². The first-order valence-electron chi connectivity index (χ1n) is 8.43. The van der Waals surface area contributed by atoms with Crippen molar-refractivity contribution in [2.24, 2.45) is 0 Å². The summed E-state index contributed by atoms with van der Waals surface area (Å²) in [6, 6.07) is 6.71. The van der Waals surface area contributed by atoms with E-state index in [2.05, 4.69) is 10.3 Å². The first-order valence-corrected chi connectivity index (χ1v) is 8.43. The normalized spacial score (nSPS) is 12.6. The van der Waals surface area contributed by atoms with Crippen LogP contribution in [0.2, 0.25) is 0 Å². The number of carbonyl (C=O) groups is 1. The molecule has 0 fully saturated rings. The summed E-state index contributed by atoms with van der Waals surface area (Å²) in [5, 5.41) is 2.55. The molecule has 1 heterocycles. The smallest absolute Gasteiger partial charge is 0.345 e. The highest BCUT2D eigenvalue weighted by Gasteiger charge is 2.32. The van der Waals surface area contributed by atoms with E-state index in [1.54, 1.807) is 36.3 Å². The minimum absolute atomic E-state index is 0.517. The van der Waals surface area contributed by atoms with Crippen LogP contribution in [0.25, 0.3) is 5.69 Å². The number of amides is 1. The second kappa shape index (κ2) is 7.46. The summed E-state index contributed by atoms with van der Waals surface area (Å²) in [5.41, 5.74) is 0.814. The van der Waals surface area contributed by atoms with Gasteiger partial charge in [0, 0.05) is 18.1 Å². The number of hydrogen-bond acceptors (Lipinski definition) is 2. The zero-order chi connectivity index (χ0) is 20.5. The van der Waals surface area contributed by atoms with Gasteiger partial charge in [-0.3, -0.25) is 4.79 Å². The lowest BCUT2D eigenvalue weighted by Gasteiger charge is -2.17. The Morgan fingerprint density at radius 2 is 1.93 bits per heavy atom. The van der Waals surface area contributed by atoms with Gasteiger partial charge in [-0.25, -0.2) is 9.37 Å². The molecule has 0 radical (unpaired) electrons. The maximum Gasteiger partial charge on any atom is 0.416 e. The highest BCUT2D eigenvalue weighted by molar-refractivity contribution is 5.95. The molecular weight excluding hydrogens is 374 g/mol. The van der Waals surface area contributed by atoms with Gasteiger partial charge in [-0.15, -0.1) is 0 Å². The van der Waals surface area contributed by atoms with Gasteiger partial charge in [-0.05, 0) is 49.2 Å². The Bertz CT molecular complexity index is 997. The van der Waals surface area contributed by atoms with Gasteiger partial charge in [0.25, 0.3) is 5.91 Å². The maximum atomic E-state index is 13.9. The van der Waals surface area contributed by atoms with Crippen LogP contribution in [0.1, 0.15) is 40.0 Å². The summed E-state index contributed by atoms with van der Waals surface area (Å²) in [5.74, 6) is -1.93. The summed E-state index contributed by atoms with van der Waals surface area (Å²) in [6.07, 6.45) is 0.374. The number of alkyl halides is 3. The molecule has 0 bridgehead atoms. The third-order valence-corrected chi connectivity index (χ3v) is 4.40. The maximum absolute atomic E-state index is 13.9. The van der Waals surface area contributed by atoms with Gasteiger partial charge in [0.05, 0.1) is 23.5 Å². The number of imidazole rings is 1. The van der Waals surface area contributed by atoms with Gasteiger partial charge >= 0.3 is 6.18 Å². The molecule has 1 atom stereocenters. The lowest BCUT2D eigenvalue weighted by molar-refractivity contribution is -0.137. The van der Waals surface area contributed by atoms with Crippen molar-refractivity contribution in [3.63, 3.8) is 0 Å². The highest BCUT2D eigenvalue weighted by Crippen LogP contribution is 2.30. The number of carbonyl (C=O) groups excluding carboxylic acids is 1. The average molecular weight is 391 g/mol. The molecule has 1 amide bonds. The van der Waals surface area contributed by atoms with Crippen LogP contribution in [0.15, 0.2) is 55.1 Å². The highest BCUT2D eigenvalue weighted by atomic mass is 19.4. The predicted molar refractivity (Wildman–Crippen MR) is 95.6 cm³/mol. The third kappa shape index (κ3) is 4.05. The molecule has 3 aromatic rings. The average Bonchev–Trinajstić information content (AvgIpc) is 3.15. The van der Waals surface area contributed by atoms with E-state index in [1.807, 2.05) is 19.1 Å². The number of nitrogens with zero attached hydrogens (tertiary/aromatic N) is 2. The second-order valence-corrected chi connectivity index (χ2v) is 6.40.